The number of rotatable bonds is 4. The van der Waals surface area contributed by atoms with Crippen LogP contribution in [0, 0.1) is 0 Å². The highest BCUT2D eigenvalue weighted by atomic mass is 31.0. The molecule has 0 aliphatic rings. The maximum absolute atomic E-state index is 2.83. The van der Waals surface area contributed by atoms with E-state index in [-0.39, 0.29) is 0 Å². The molecule has 1 rings (SSSR count). The molecule has 0 amide bonds. The van der Waals surface area contributed by atoms with Crippen molar-refractivity contribution >= 4 is 27.3 Å². The lowest BCUT2D eigenvalue weighted by atomic mass is 9.83. The van der Waals surface area contributed by atoms with E-state index in [1.807, 2.05) is 0 Å². The normalized spacial score (nSPS) is 11.1. The molecule has 0 spiro atoms. The summed E-state index contributed by atoms with van der Waals surface area (Å²) in [6.45, 7) is 10.1. The summed E-state index contributed by atoms with van der Waals surface area (Å²) in [6.07, 6.45) is 0. The molecule has 1 unspecified atom stereocenters. The molecule has 0 aliphatic heterocycles. The van der Waals surface area contributed by atoms with Gasteiger partial charge >= 0.3 is 0 Å². The first kappa shape index (κ1) is 14.6. The van der Waals surface area contributed by atoms with Crippen LogP contribution in [0.4, 0.5) is 5.69 Å². The van der Waals surface area contributed by atoms with Crippen molar-refractivity contribution < 1.29 is 0 Å². The molecule has 0 aromatic heterocycles. The number of hydrogen-bond donors (Lipinski definition) is 0. The molecule has 1 aromatic carbocycles. The highest BCUT2D eigenvalue weighted by Crippen LogP contribution is 2.33. The molecule has 94 valence electrons. The molecule has 17 heavy (non-hydrogen) atoms. The average molecular weight is 249 g/mol. The summed E-state index contributed by atoms with van der Waals surface area (Å²) in [5, 5.41) is 0. The summed E-state index contributed by atoms with van der Waals surface area (Å²) < 4.78 is 0. The largest absolute Gasteiger partial charge is 0.377 e. The molecule has 3 heteroatoms. The molecule has 0 N–H and O–H groups in total. The summed E-state index contributed by atoms with van der Waals surface area (Å²) in [6, 6.07) is 4.72. The predicted octanol–water partition coefficient (Wildman–Crippen LogP) is 2.85. The van der Waals surface area contributed by atoms with Crippen molar-refractivity contribution in [2.45, 2.75) is 39.5 Å². The lowest BCUT2D eigenvalue weighted by molar-refractivity contribution is 0.824. The Balaban J connectivity index is 3.49. The highest BCUT2D eigenvalue weighted by Gasteiger charge is 2.16. The summed E-state index contributed by atoms with van der Waals surface area (Å²) in [5.41, 5.74) is 5.78. The molecule has 1 aromatic rings. The quantitative estimate of drug-likeness (QED) is 0.585. The SMILES string of the molecule is CC(C)c1cc(BP)cc(C(C)C)c1N(C)C. The smallest absolute Gasteiger partial charge is 0.180 e. The number of benzene rings is 1. The average Bonchev–Trinajstić information content (AvgIpc) is 2.26. The van der Waals surface area contributed by atoms with E-state index in [0.29, 0.717) is 11.8 Å². The van der Waals surface area contributed by atoms with Gasteiger partial charge in [0.1, 0.15) is 0 Å². The lowest BCUT2D eigenvalue weighted by Gasteiger charge is -2.26. The van der Waals surface area contributed by atoms with Gasteiger partial charge in [-0.15, -0.1) is 0 Å². The van der Waals surface area contributed by atoms with E-state index in [2.05, 4.69) is 67.9 Å². The van der Waals surface area contributed by atoms with Crippen LogP contribution in [0.1, 0.15) is 50.7 Å². The Bertz CT molecular complexity index is 357. The molecule has 1 atom stereocenters. The van der Waals surface area contributed by atoms with E-state index in [0.717, 1.165) is 7.00 Å². The zero-order chi connectivity index (χ0) is 13.2. The van der Waals surface area contributed by atoms with Gasteiger partial charge in [-0.25, -0.2) is 0 Å². The molecule has 0 saturated heterocycles. The van der Waals surface area contributed by atoms with Crippen molar-refractivity contribution in [3.8, 4) is 0 Å². The van der Waals surface area contributed by atoms with Gasteiger partial charge in [0, 0.05) is 19.8 Å². The van der Waals surface area contributed by atoms with E-state index < -0.39 is 0 Å². The Morgan fingerprint density at radius 2 is 1.41 bits per heavy atom. The van der Waals surface area contributed by atoms with Crippen molar-refractivity contribution in [2.24, 2.45) is 0 Å². The fraction of sp³-hybridized carbons (Fsp3) is 0.571. The second-order valence-corrected chi connectivity index (χ2v) is 5.94. The standard InChI is InChI=1S/C14H25BNP/c1-9(2)12-7-11(15-17)8-13(10(3)4)14(12)16(5)6/h7-10,15H,17H2,1-6H3. The third-order valence-corrected chi connectivity index (χ3v) is 3.63. The maximum atomic E-state index is 2.83. The van der Waals surface area contributed by atoms with Gasteiger partial charge in [0.25, 0.3) is 0 Å². The molecule has 0 radical (unpaired) electrons. The van der Waals surface area contributed by atoms with Crippen molar-refractivity contribution in [2.75, 3.05) is 19.0 Å². The Morgan fingerprint density at radius 1 is 1.00 bits per heavy atom. The van der Waals surface area contributed by atoms with E-state index in [1.165, 1.54) is 22.3 Å². The second-order valence-electron chi connectivity index (χ2n) is 5.53. The van der Waals surface area contributed by atoms with Gasteiger partial charge in [0.2, 0.25) is 0 Å². The van der Waals surface area contributed by atoms with Gasteiger partial charge in [-0.05, 0) is 23.0 Å². The Morgan fingerprint density at radius 3 is 1.65 bits per heavy atom. The molecule has 0 bridgehead atoms. The fourth-order valence-electron chi connectivity index (χ4n) is 2.26. The van der Waals surface area contributed by atoms with Crippen LogP contribution >= 0.6 is 9.12 Å². The Hall–Kier alpha value is -0.485. The number of anilines is 1. The van der Waals surface area contributed by atoms with E-state index in [1.54, 1.807) is 0 Å². The highest BCUT2D eigenvalue weighted by molar-refractivity contribution is 7.58. The molecule has 0 heterocycles. The van der Waals surface area contributed by atoms with Crippen LogP contribution in [0.2, 0.25) is 0 Å². The summed E-state index contributed by atoms with van der Waals surface area (Å²) in [5.74, 6) is 1.14. The van der Waals surface area contributed by atoms with Crippen LogP contribution in [-0.4, -0.2) is 21.1 Å². The molecular formula is C14H25BNP. The van der Waals surface area contributed by atoms with Crippen molar-refractivity contribution in [3.63, 3.8) is 0 Å². The Kier molecular flexibility index (Phi) is 5.07. The van der Waals surface area contributed by atoms with Crippen molar-refractivity contribution in [1.29, 1.82) is 0 Å². The molecule has 1 nitrogen and oxygen atoms in total. The van der Waals surface area contributed by atoms with Gasteiger partial charge in [0.05, 0.1) is 0 Å². The van der Waals surface area contributed by atoms with E-state index >= 15 is 0 Å². The Labute approximate surface area is 109 Å². The third kappa shape index (κ3) is 3.25. The molecule has 0 aliphatic carbocycles. The first-order chi connectivity index (χ1) is 7.88. The van der Waals surface area contributed by atoms with Crippen molar-refractivity contribution in [3.05, 3.63) is 23.3 Å². The van der Waals surface area contributed by atoms with Crippen LogP contribution in [0.3, 0.4) is 0 Å². The van der Waals surface area contributed by atoms with Gasteiger partial charge < -0.3 is 4.90 Å². The van der Waals surface area contributed by atoms with Crippen LogP contribution in [0.25, 0.3) is 0 Å². The van der Waals surface area contributed by atoms with Crippen LogP contribution in [-0.2, 0) is 0 Å². The monoisotopic (exact) mass is 249 g/mol. The van der Waals surface area contributed by atoms with Crippen LogP contribution in [0.15, 0.2) is 12.1 Å². The summed E-state index contributed by atoms with van der Waals surface area (Å²) in [4.78, 5) is 2.26. The molecule has 0 fully saturated rings. The van der Waals surface area contributed by atoms with Gasteiger partial charge in [-0.1, -0.05) is 45.3 Å². The minimum Gasteiger partial charge on any atom is -0.377 e. The maximum Gasteiger partial charge on any atom is 0.180 e. The number of hydrogen-bond acceptors (Lipinski definition) is 1. The number of nitrogens with zero attached hydrogens (tertiary/aromatic N) is 1. The molecule has 0 saturated carbocycles. The second kappa shape index (κ2) is 5.91. The van der Waals surface area contributed by atoms with E-state index in [9.17, 15) is 0 Å². The fourth-order valence-corrected chi connectivity index (χ4v) is 2.49. The minimum atomic E-state index is 0.571. The van der Waals surface area contributed by atoms with Gasteiger partial charge in [-0.2, -0.15) is 9.12 Å². The van der Waals surface area contributed by atoms with Gasteiger partial charge in [-0.3, -0.25) is 0 Å². The van der Waals surface area contributed by atoms with E-state index in [4.69, 9.17) is 0 Å². The first-order valence-electron chi connectivity index (χ1n) is 6.42. The zero-order valence-electron chi connectivity index (χ0n) is 12.0. The van der Waals surface area contributed by atoms with Crippen LogP contribution < -0.4 is 10.4 Å². The zero-order valence-corrected chi connectivity index (χ0v) is 13.2. The molecular weight excluding hydrogens is 224 g/mol. The van der Waals surface area contributed by atoms with Crippen LogP contribution in [0.5, 0.6) is 0 Å². The third-order valence-electron chi connectivity index (χ3n) is 3.16. The minimum absolute atomic E-state index is 0.571. The summed E-state index contributed by atoms with van der Waals surface area (Å²) in [7, 11) is 7.12. The lowest BCUT2D eigenvalue weighted by Crippen LogP contribution is -2.20. The predicted molar refractivity (Wildman–Crippen MR) is 85.4 cm³/mol. The first-order valence-corrected chi connectivity index (χ1v) is 7.24. The van der Waals surface area contributed by atoms with Gasteiger partial charge in [0.15, 0.2) is 7.00 Å². The van der Waals surface area contributed by atoms with Crippen molar-refractivity contribution in [1.82, 2.24) is 0 Å². The summed E-state index contributed by atoms with van der Waals surface area (Å²) >= 11 is 0. The topological polar surface area (TPSA) is 3.24 Å².